The van der Waals surface area contributed by atoms with Gasteiger partial charge in [-0.15, -0.1) is 0 Å². The van der Waals surface area contributed by atoms with Crippen molar-refractivity contribution in [2.75, 3.05) is 13.6 Å². The molecule has 1 fully saturated rings. The zero-order chi connectivity index (χ0) is 24.2. The van der Waals surface area contributed by atoms with E-state index < -0.39 is 0 Å². The molecule has 1 heterocycles. The van der Waals surface area contributed by atoms with Gasteiger partial charge in [-0.3, -0.25) is 0 Å². The number of hydrogen-bond donors (Lipinski definition) is 0. The van der Waals surface area contributed by atoms with Crippen molar-refractivity contribution in [2.45, 2.75) is 51.9 Å². The van der Waals surface area contributed by atoms with Crippen LogP contribution in [0.1, 0.15) is 60.4 Å². The van der Waals surface area contributed by atoms with Crippen molar-refractivity contribution in [1.82, 2.24) is 4.90 Å². The highest BCUT2D eigenvalue weighted by Gasteiger charge is 2.35. The summed E-state index contributed by atoms with van der Waals surface area (Å²) in [7, 11) is 2.19. The number of hydrogen-bond acceptors (Lipinski definition) is 1. The molecule has 0 aromatic heterocycles. The van der Waals surface area contributed by atoms with E-state index in [0.29, 0.717) is 0 Å². The molecule has 4 aliphatic rings. The Labute approximate surface area is 215 Å². The summed E-state index contributed by atoms with van der Waals surface area (Å²) in [6, 6.07) is 22.1. The van der Waals surface area contributed by atoms with Gasteiger partial charge in [0.1, 0.15) is 0 Å². The molecule has 3 aliphatic carbocycles. The minimum absolute atomic E-state index is 0.732. The lowest BCUT2D eigenvalue weighted by atomic mass is 9.71. The van der Waals surface area contributed by atoms with Gasteiger partial charge in [-0.1, -0.05) is 74.4 Å². The standard InChI is InChI=1S/C35H36N/c1-23-7-5-11-27(23)26-21-34(30-12-6-9-25-17-19-36(2)20-18-29(25)30)33-16-15-31-28-10-4-3-8-24(28)13-14-32(31)35(33)22-26/h3-4,6,8-10,13,15-16,18,20,23,26-27H,5,7,11,14,17,19,21-22H2,1-2H3. The van der Waals surface area contributed by atoms with Gasteiger partial charge in [-0.25, -0.2) is 0 Å². The van der Waals surface area contributed by atoms with Crippen LogP contribution in [0.5, 0.6) is 0 Å². The molecule has 181 valence electrons. The smallest absolute Gasteiger partial charge is 0.0209 e. The Hall–Kier alpha value is -3.06. The molecule has 3 aromatic rings. The largest absolute Gasteiger partial charge is 0.380 e. The van der Waals surface area contributed by atoms with Gasteiger partial charge in [-0.05, 0) is 122 Å². The van der Waals surface area contributed by atoms with Gasteiger partial charge in [0.05, 0.1) is 0 Å². The van der Waals surface area contributed by atoms with Crippen molar-refractivity contribution in [3.8, 4) is 0 Å². The molecule has 7 rings (SSSR count). The predicted molar refractivity (Wildman–Crippen MR) is 149 cm³/mol. The summed E-state index contributed by atoms with van der Waals surface area (Å²) in [5, 5.41) is 5.76. The van der Waals surface area contributed by atoms with Gasteiger partial charge < -0.3 is 4.90 Å². The Balaban J connectivity index is 1.50. The summed E-state index contributed by atoms with van der Waals surface area (Å²) in [6.07, 6.45) is 15.9. The highest BCUT2D eigenvalue weighted by molar-refractivity contribution is 5.77. The molecular formula is C35H36N. The number of fused-ring (bicyclic) bond motifs is 5. The lowest BCUT2D eigenvalue weighted by Crippen LogP contribution is -2.32. The molecular weight excluding hydrogens is 434 g/mol. The second-order valence-corrected chi connectivity index (χ2v) is 11.7. The molecule has 0 amide bonds. The van der Waals surface area contributed by atoms with Crippen molar-refractivity contribution in [2.24, 2.45) is 17.8 Å². The second kappa shape index (κ2) is 8.80. The van der Waals surface area contributed by atoms with E-state index in [0.717, 1.165) is 37.1 Å². The van der Waals surface area contributed by atoms with E-state index in [1.54, 1.807) is 16.7 Å². The zero-order valence-corrected chi connectivity index (χ0v) is 21.7. The van der Waals surface area contributed by atoms with Crippen LogP contribution in [0.4, 0.5) is 0 Å². The summed E-state index contributed by atoms with van der Waals surface area (Å²) in [6.45, 7) is 3.58. The van der Waals surface area contributed by atoms with Crippen LogP contribution in [0.25, 0.3) is 17.7 Å². The van der Waals surface area contributed by atoms with E-state index in [2.05, 4.69) is 91.8 Å². The Morgan fingerprint density at radius 2 is 1.81 bits per heavy atom. The van der Waals surface area contributed by atoms with E-state index in [1.807, 2.05) is 0 Å². The van der Waals surface area contributed by atoms with Crippen molar-refractivity contribution in [3.63, 3.8) is 0 Å². The fourth-order valence-corrected chi connectivity index (χ4v) is 7.73. The number of benzene rings is 3. The second-order valence-electron chi connectivity index (χ2n) is 11.7. The third kappa shape index (κ3) is 3.59. The molecule has 1 aliphatic heterocycles. The first-order chi connectivity index (χ1) is 17.7. The molecule has 36 heavy (non-hydrogen) atoms. The summed E-state index contributed by atoms with van der Waals surface area (Å²) in [5.41, 5.74) is 8.98. The highest BCUT2D eigenvalue weighted by atomic mass is 15.1. The summed E-state index contributed by atoms with van der Waals surface area (Å²) >= 11 is 0. The minimum atomic E-state index is 0.732. The predicted octanol–water partition coefficient (Wildman–Crippen LogP) is 5.77. The third-order valence-electron chi connectivity index (χ3n) is 9.66. The third-order valence-corrected chi connectivity index (χ3v) is 9.66. The molecule has 3 atom stereocenters. The summed E-state index contributed by atoms with van der Waals surface area (Å²) in [4.78, 5) is 2.32. The highest BCUT2D eigenvalue weighted by Crippen LogP contribution is 2.44. The lowest BCUT2D eigenvalue weighted by molar-refractivity contribution is 0.273. The first kappa shape index (κ1) is 22.2. The zero-order valence-electron chi connectivity index (χ0n) is 21.7. The Kier molecular flexibility index (Phi) is 5.42. The molecule has 3 aromatic carbocycles. The number of likely N-dealkylation sites (N-methyl/N-ethyl adjacent to an activating group) is 1. The van der Waals surface area contributed by atoms with Crippen LogP contribution in [-0.2, 0) is 19.3 Å². The van der Waals surface area contributed by atoms with Crippen LogP contribution < -0.4 is 10.4 Å². The van der Waals surface area contributed by atoms with Crippen LogP contribution in [-0.4, -0.2) is 18.5 Å². The van der Waals surface area contributed by atoms with Crippen molar-refractivity contribution in [1.29, 1.82) is 0 Å². The molecule has 0 spiro atoms. The maximum atomic E-state index is 3.75. The first-order valence-electron chi connectivity index (χ1n) is 14.0. The average molecular weight is 471 g/mol. The van der Waals surface area contributed by atoms with Gasteiger partial charge in [0.25, 0.3) is 0 Å². The first-order valence-corrected chi connectivity index (χ1v) is 14.0. The topological polar surface area (TPSA) is 3.24 Å². The molecule has 0 N–H and O–H groups in total. The van der Waals surface area contributed by atoms with Crippen molar-refractivity contribution < 1.29 is 0 Å². The lowest BCUT2D eigenvalue weighted by Gasteiger charge is -2.33. The minimum Gasteiger partial charge on any atom is -0.380 e. The number of rotatable bonds is 2. The van der Waals surface area contributed by atoms with E-state index in [9.17, 15) is 0 Å². The fourth-order valence-electron chi connectivity index (χ4n) is 7.73. The molecule has 1 saturated carbocycles. The van der Waals surface area contributed by atoms with Crippen molar-refractivity contribution >= 4 is 17.7 Å². The monoisotopic (exact) mass is 470 g/mol. The fraction of sp³-hybridized carbons (Fsp3) is 0.371. The number of nitrogens with zero attached hydrogens (tertiary/aromatic N) is 1. The van der Waals surface area contributed by atoms with Crippen LogP contribution in [0.2, 0.25) is 0 Å². The maximum Gasteiger partial charge on any atom is 0.0209 e. The molecule has 0 bridgehead atoms. The van der Waals surface area contributed by atoms with Gasteiger partial charge in [0, 0.05) is 13.6 Å². The molecule has 1 heteroatoms. The van der Waals surface area contributed by atoms with Gasteiger partial charge in [0.15, 0.2) is 0 Å². The summed E-state index contributed by atoms with van der Waals surface area (Å²) in [5.74, 6) is 2.42. The molecule has 1 radical (unpaired) electrons. The Morgan fingerprint density at radius 1 is 0.917 bits per heavy atom. The maximum absolute atomic E-state index is 3.75. The normalized spacial score (nSPS) is 24.3. The van der Waals surface area contributed by atoms with E-state index in [1.165, 1.54) is 69.7 Å². The van der Waals surface area contributed by atoms with E-state index >= 15 is 0 Å². The van der Waals surface area contributed by atoms with Gasteiger partial charge in [0.2, 0.25) is 0 Å². The Bertz CT molecular complexity index is 1590. The van der Waals surface area contributed by atoms with Crippen LogP contribution >= 0.6 is 0 Å². The molecule has 3 unspecified atom stereocenters. The molecule has 1 nitrogen and oxygen atoms in total. The van der Waals surface area contributed by atoms with Gasteiger partial charge >= 0.3 is 0 Å². The van der Waals surface area contributed by atoms with E-state index in [4.69, 9.17) is 0 Å². The van der Waals surface area contributed by atoms with Gasteiger partial charge in [-0.2, -0.15) is 0 Å². The SMILES string of the molecule is CC1CCCC1C1CC(c2[c]ccc3c2C=CN(C)CC3)=c2ccc3c(c2C1)CC=c1ccccc1=3. The van der Waals surface area contributed by atoms with Crippen LogP contribution in [0, 0.1) is 34.3 Å². The van der Waals surface area contributed by atoms with Crippen molar-refractivity contribution in [3.05, 3.63) is 109 Å². The van der Waals surface area contributed by atoms with Crippen LogP contribution in [0.15, 0.2) is 54.7 Å². The quantitative estimate of drug-likeness (QED) is 0.460. The summed E-state index contributed by atoms with van der Waals surface area (Å²) < 4.78 is 0. The van der Waals surface area contributed by atoms with E-state index in [-0.39, 0.29) is 0 Å². The average Bonchev–Trinajstić information content (AvgIpc) is 3.25. The van der Waals surface area contributed by atoms with Crippen LogP contribution in [0.3, 0.4) is 0 Å². The molecule has 0 saturated heterocycles. The Morgan fingerprint density at radius 3 is 2.69 bits per heavy atom.